The number of nitrogens with one attached hydrogen (secondary N) is 2. The standard InChI is InChI=1S/C16H23ClN2S/c1-11-9-12(2)15(14(17)10-11)19-16(20)18-13-7-5-3-4-6-8-13/h9-10,13H,3-8H2,1-2H3,(H2,18,19,20). The van der Waals surface area contributed by atoms with Crippen LogP contribution in [0.15, 0.2) is 12.1 Å². The zero-order valence-corrected chi connectivity index (χ0v) is 13.8. The van der Waals surface area contributed by atoms with Crippen LogP contribution in [0.1, 0.15) is 49.7 Å². The fourth-order valence-corrected chi connectivity index (χ4v) is 3.47. The van der Waals surface area contributed by atoms with Crippen molar-refractivity contribution < 1.29 is 0 Å². The molecule has 20 heavy (non-hydrogen) atoms. The third kappa shape index (κ3) is 4.35. The second-order valence-electron chi connectivity index (χ2n) is 5.73. The normalized spacial score (nSPS) is 16.6. The van der Waals surface area contributed by atoms with Gasteiger partial charge in [-0.25, -0.2) is 0 Å². The van der Waals surface area contributed by atoms with Gasteiger partial charge in [-0.15, -0.1) is 0 Å². The molecular weight excluding hydrogens is 288 g/mol. The Hall–Kier alpha value is -0.800. The largest absolute Gasteiger partial charge is 0.360 e. The maximum atomic E-state index is 6.30. The van der Waals surface area contributed by atoms with Gasteiger partial charge in [-0.2, -0.15) is 0 Å². The molecule has 0 atom stereocenters. The predicted octanol–water partition coefficient (Wildman–Crippen LogP) is 4.97. The Morgan fingerprint density at radius 3 is 2.40 bits per heavy atom. The lowest BCUT2D eigenvalue weighted by molar-refractivity contribution is 0.535. The van der Waals surface area contributed by atoms with Gasteiger partial charge in [-0.1, -0.05) is 43.4 Å². The zero-order chi connectivity index (χ0) is 14.5. The molecule has 0 radical (unpaired) electrons. The molecule has 0 saturated heterocycles. The van der Waals surface area contributed by atoms with E-state index in [0.717, 1.165) is 16.3 Å². The number of hydrogen-bond donors (Lipinski definition) is 2. The third-order valence-electron chi connectivity index (χ3n) is 3.86. The summed E-state index contributed by atoms with van der Waals surface area (Å²) in [5.74, 6) is 0. The molecule has 110 valence electrons. The molecule has 2 nitrogen and oxygen atoms in total. The van der Waals surface area contributed by atoms with E-state index in [4.69, 9.17) is 23.8 Å². The van der Waals surface area contributed by atoms with Gasteiger partial charge in [-0.05, 0) is 56.1 Å². The Morgan fingerprint density at radius 2 is 1.80 bits per heavy atom. The summed E-state index contributed by atoms with van der Waals surface area (Å²) in [5, 5.41) is 8.11. The van der Waals surface area contributed by atoms with Crippen molar-refractivity contribution in [3.63, 3.8) is 0 Å². The van der Waals surface area contributed by atoms with Crippen LogP contribution in [0.5, 0.6) is 0 Å². The van der Waals surface area contributed by atoms with E-state index in [1.54, 1.807) is 0 Å². The van der Waals surface area contributed by atoms with Gasteiger partial charge in [0.05, 0.1) is 10.7 Å². The van der Waals surface area contributed by atoms with E-state index in [2.05, 4.69) is 23.6 Å². The molecule has 0 aliphatic heterocycles. The topological polar surface area (TPSA) is 24.1 Å². The Balaban J connectivity index is 1.97. The Kier molecular flexibility index (Phi) is 5.67. The SMILES string of the molecule is Cc1cc(C)c(NC(=S)NC2CCCCCC2)c(Cl)c1. The molecule has 0 spiro atoms. The highest BCUT2D eigenvalue weighted by molar-refractivity contribution is 7.80. The molecule has 1 aliphatic rings. The van der Waals surface area contributed by atoms with Gasteiger partial charge in [0, 0.05) is 6.04 Å². The highest BCUT2D eigenvalue weighted by atomic mass is 35.5. The van der Waals surface area contributed by atoms with Crippen LogP contribution in [-0.2, 0) is 0 Å². The Labute approximate surface area is 132 Å². The molecule has 0 amide bonds. The van der Waals surface area contributed by atoms with Crippen LogP contribution in [0.3, 0.4) is 0 Å². The molecule has 1 aliphatic carbocycles. The van der Waals surface area contributed by atoms with Crippen LogP contribution >= 0.6 is 23.8 Å². The number of benzene rings is 1. The van der Waals surface area contributed by atoms with Gasteiger partial charge >= 0.3 is 0 Å². The Bertz CT molecular complexity index is 456. The van der Waals surface area contributed by atoms with E-state index >= 15 is 0 Å². The van der Waals surface area contributed by atoms with Crippen molar-refractivity contribution in [1.82, 2.24) is 5.32 Å². The summed E-state index contributed by atoms with van der Waals surface area (Å²) in [6, 6.07) is 4.58. The fourth-order valence-electron chi connectivity index (χ4n) is 2.83. The lowest BCUT2D eigenvalue weighted by Crippen LogP contribution is -2.37. The van der Waals surface area contributed by atoms with E-state index in [1.165, 1.54) is 44.1 Å². The summed E-state index contributed by atoms with van der Waals surface area (Å²) < 4.78 is 0. The smallest absolute Gasteiger partial charge is 0.171 e. The third-order valence-corrected chi connectivity index (χ3v) is 4.38. The molecule has 0 aromatic heterocycles. The molecule has 0 bridgehead atoms. The van der Waals surface area contributed by atoms with Gasteiger partial charge in [0.25, 0.3) is 0 Å². The quantitative estimate of drug-likeness (QED) is 0.596. The minimum atomic E-state index is 0.502. The predicted molar refractivity (Wildman–Crippen MR) is 91.8 cm³/mol. The average Bonchev–Trinajstić information content (AvgIpc) is 2.62. The van der Waals surface area contributed by atoms with Crippen molar-refractivity contribution in [2.75, 3.05) is 5.32 Å². The monoisotopic (exact) mass is 310 g/mol. The van der Waals surface area contributed by atoms with Crippen LogP contribution < -0.4 is 10.6 Å². The van der Waals surface area contributed by atoms with Crippen molar-refractivity contribution in [3.05, 3.63) is 28.3 Å². The summed E-state index contributed by atoms with van der Waals surface area (Å²) >= 11 is 11.7. The van der Waals surface area contributed by atoms with Crippen LogP contribution in [0.4, 0.5) is 5.69 Å². The molecule has 0 heterocycles. The van der Waals surface area contributed by atoms with Crippen molar-refractivity contribution in [2.45, 2.75) is 58.4 Å². The first-order valence-corrected chi connectivity index (χ1v) is 8.19. The first-order chi connectivity index (χ1) is 9.56. The van der Waals surface area contributed by atoms with Gasteiger partial charge in [0.2, 0.25) is 0 Å². The number of halogens is 1. The van der Waals surface area contributed by atoms with Crippen molar-refractivity contribution in [1.29, 1.82) is 0 Å². The highest BCUT2D eigenvalue weighted by Crippen LogP contribution is 2.27. The molecular formula is C16H23ClN2S. The highest BCUT2D eigenvalue weighted by Gasteiger charge is 2.14. The van der Waals surface area contributed by atoms with E-state index in [-0.39, 0.29) is 0 Å². The summed E-state index contributed by atoms with van der Waals surface area (Å²) in [5.41, 5.74) is 3.21. The second-order valence-corrected chi connectivity index (χ2v) is 6.54. The van der Waals surface area contributed by atoms with Crippen LogP contribution in [-0.4, -0.2) is 11.2 Å². The molecule has 1 aromatic carbocycles. The van der Waals surface area contributed by atoms with Crippen LogP contribution in [0.25, 0.3) is 0 Å². The van der Waals surface area contributed by atoms with Gasteiger partial charge in [0.1, 0.15) is 0 Å². The first-order valence-electron chi connectivity index (χ1n) is 7.40. The second kappa shape index (κ2) is 7.28. The summed E-state index contributed by atoms with van der Waals surface area (Å²) in [7, 11) is 0. The van der Waals surface area contributed by atoms with E-state index in [1.807, 2.05) is 13.0 Å². The number of anilines is 1. The maximum Gasteiger partial charge on any atom is 0.171 e. The molecule has 0 unspecified atom stereocenters. The average molecular weight is 311 g/mol. The fraction of sp³-hybridized carbons (Fsp3) is 0.562. The number of aryl methyl sites for hydroxylation is 2. The zero-order valence-electron chi connectivity index (χ0n) is 12.3. The summed E-state index contributed by atoms with van der Waals surface area (Å²) in [6.45, 7) is 4.10. The lowest BCUT2D eigenvalue weighted by atomic mass is 10.1. The van der Waals surface area contributed by atoms with Gasteiger partial charge < -0.3 is 10.6 Å². The summed E-state index contributed by atoms with van der Waals surface area (Å²) in [6.07, 6.45) is 7.71. The van der Waals surface area contributed by atoms with Crippen molar-refractivity contribution in [3.8, 4) is 0 Å². The van der Waals surface area contributed by atoms with Crippen LogP contribution in [0, 0.1) is 13.8 Å². The molecule has 1 saturated carbocycles. The van der Waals surface area contributed by atoms with Crippen molar-refractivity contribution >= 4 is 34.6 Å². The molecule has 2 rings (SSSR count). The molecule has 1 aromatic rings. The minimum absolute atomic E-state index is 0.502. The van der Waals surface area contributed by atoms with Crippen molar-refractivity contribution in [2.24, 2.45) is 0 Å². The summed E-state index contributed by atoms with van der Waals surface area (Å²) in [4.78, 5) is 0. The number of rotatable bonds is 2. The number of hydrogen-bond acceptors (Lipinski definition) is 1. The molecule has 2 N–H and O–H groups in total. The van der Waals surface area contributed by atoms with Gasteiger partial charge in [-0.3, -0.25) is 0 Å². The molecule has 4 heteroatoms. The van der Waals surface area contributed by atoms with Gasteiger partial charge in [0.15, 0.2) is 5.11 Å². The van der Waals surface area contributed by atoms with E-state index in [9.17, 15) is 0 Å². The maximum absolute atomic E-state index is 6.30. The minimum Gasteiger partial charge on any atom is -0.360 e. The Morgan fingerprint density at radius 1 is 1.15 bits per heavy atom. The van der Waals surface area contributed by atoms with Crippen LogP contribution in [0.2, 0.25) is 5.02 Å². The van der Waals surface area contributed by atoms with E-state index in [0.29, 0.717) is 11.2 Å². The first kappa shape index (κ1) is 15.6. The lowest BCUT2D eigenvalue weighted by Gasteiger charge is -2.20. The van der Waals surface area contributed by atoms with E-state index < -0.39 is 0 Å². The molecule has 1 fully saturated rings. The number of thiocarbonyl (C=S) groups is 1.